The van der Waals surface area contributed by atoms with E-state index in [-0.39, 0.29) is 0 Å². The minimum Gasteiger partial charge on any atom is -0.436 e. The summed E-state index contributed by atoms with van der Waals surface area (Å²) in [5.74, 6) is 2.36. The van der Waals surface area contributed by atoms with Gasteiger partial charge in [-0.1, -0.05) is 103 Å². The lowest BCUT2D eigenvalue weighted by molar-refractivity contribution is 0.619. The van der Waals surface area contributed by atoms with Crippen molar-refractivity contribution in [1.29, 1.82) is 0 Å². The maximum absolute atomic E-state index is 6.48. The molecule has 300 valence electrons. The number of rotatable bonds is 7. The number of para-hydroxylation sites is 3. The van der Waals surface area contributed by atoms with Gasteiger partial charge in [0.1, 0.15) is 16.9 Å². The van der Waals surface area contributed by atoms with E-state index in [0.717, 1.165) is 105 Å². The lowest BCUT2D eigenvalue weighted by atomic mass is 10.1. The summed E-state index contributed by atoms with van der Waals surface area (Å²) < 4.78 is 17.2. The Morgan fingerprint density at radius 2 is 0.844 bits per heavy atom. The Labute approximate surface area is 365 Å². The zero-order valence-corrected chi connectivity index (χ0v) is 34.0. The Hall–Kier alpha value is -8.95. The van der Waals surface area contributed by atoms with Gasteiger partial charge < -0.3 is 8.83 Å². The number of imidazole rings is 1. The second-order valence-electron chi connectivity index (χ2n) is 15.8. The molecule has 0 fully saturated rings. The molecule has 5 heterocycles. The topological polar surface area (TPSA) is 101 Å². The monoisotopic (exact) mass is 823 g/mol. The van der Waals surface area contributed by atoms with E-state index in [1.807, 2.05) is 109 Å². The third-order valence-electron chi connectivity index (χ3n) is 11.9. The quantitative estimate of drug-likeness (QED) is 0.158. The highest BCUT2D eigenvalue weighted by atomic mass is 16.4. The van der Waals surface area contributed by atoms with Gasteiger partial charge in [-0.05, 0) is 107 Å². The van der Waals surface area contributed by atoms with Gasteiger partial charge in [0.25, 0.3) is 0 Å². The molecule has 0 unspecified atom stereocenters. The molecule has 0 saturated heterocycles. The molecule has 64 heavy (non-hydrogen) atoms. The fourth-order valence-electron chi connectivity index (χ4n) is 8.83. The number of benzene rings is 8. The fourth-order valence-corrected chi connectivity index (χ4v) is 8.83. The molecule has 0 bridgehead atoms. The molecule has 9 nitrogen and oxygen atoms in total. The number of hydrogen-bond acceptors (Lipinski definition) is 7. The van der Waals surface area contributed by atoms with Gasteiger partial charge in [-0.15, -0.1) is 0 Å². The lowest BCUT2D eigenvalue weighted by Crippen LogP contribution is -2.02. The van der Waals surface area contributed by atoms with Crippen LogP contribution in [-0.4, -0.2) is 34.1 Å². The van der Waals surface area contributed by atoms with Gasteiger partial charge in [0.2, 0.25) is 17.7 Å². The molecule has 0 aliphatic heterocycles. The summed E-state index contributed by atoms with van der Waals surface area (Å²) in [4.78, 5) is 25.0. The zero-order valence-electron chi connectivity index (χ0n) is 34.0. The molecule has 0 aliphatic carbocycles. The normalized spacial score (nSPS) is 11.8. The number of hydrogen-bond donors (Lipinski definition) is 0. The summed E-state index contributed by atoms with van der Waals surface area (Å²) in [6.07, 6.45) is 3.71. The van der Waals surface area contributed by atoms with Crippen LogP contribution in [-0.2, 0) is 0 Å². The highest BCUT2D eigenvalue weighted by Gasteiger charge is 2.21. The average molecular weight is 824 g/mol. The van der Waals surface area contributed by atoms with Crippen LogP contribution in [0.4, 0.5) is 0 Å². The summed E-state index contributed by atoms with van der Waals surface area (Å²) in [5.41, 5.74) is 14.7. The van der Waals surface area contributed by atoms with Gasteiger partial charge in [0, 0.05) is 40.0 Å². The zero-order chi connectivity index (χ0) is 42.1. The van der Waals surface area contributed by atoms with Crippen molar-refractivity contribution in [2.45, 2.75) is 0 Å². The first-order valence-corrected chi connectivity index (χ1v) is 21.1. The number of fused-ring (bicyclic) bond motifs is 6. The highest BCUT2D eigenvalue weighted by molar-refractivity contribution is 6.11. The molecule has 0 radical (unpaired) electrons. The highest BCUT2D eigenvalue weighted by Crippen LogP contribution is 2.39. The smallest absolute Gasteiger partial charge is 0.234 e. The maximum atomic E-state index is 6.48. The summed E-state index contributed by atoms with van der Waals surface area (Å²) >= 11 is 0. The van der Waals surface area contributed by atoms with E-state index in [2.05, 4.69) is 100 Å². The van der Waals surface area contributed by atoms with Crippen LogP contribution in [0, 0.1) is 0 Å². The number of aromatic nitrogens is 7. The van der Waals surface area contributed by atoms with Crippen LogP contribution in [0.2, 0.25) is 0 Å². The molecule has 0 amide bonds. The number of nitrogens with zero attached hydrogens (tertiary/aromatic N) is 7. The second-order valence-corrected chi connectivity index (χ2v) is 15.8. The van der Waals surface area contributed by atoms with Crippen LogP contribution in [0.25, 0.3) is 123 Å². The van der Waals surface area contributed by atoms with E-state index in [1.165, 1.54) is 0 Å². The van der Waals surface area contributed by atoms with Crippen molar-refractivity contribution in [3.63, 3.8) is 0 Å². The summed E-state index contributed by atoms with van der Waals surface area (Å²) in [6.45, 7) is 0. The molecule has 5 aromatic heterocycles. The Balaban J connectivity index is 0.952. The maximum Gasteiger partial charge on any atom is 0.234 e. The predicted molar refractivity (Wildman–Crippen MR) is 253 cm³/mol. The molecule has 0 aliphatic rings. The Morgan fingerprint density at radius 1 is 0.344 bits per heavy atom. The minimum absolute atomic E-state index is 0.525. The van der Waals surface area contributed by atoms with Gasteiger partial charge in [-0.25, -0.2) is 24.9 Å². The van der Waals surface area contributed by atoms with Gasteiger partial charge in [0.15, 0.2) is 11.2 Å². The van der Waals surface area contributed by atoms with Crippen LogP contribution >= 0.6 is 0 Å². The summed E-state index contributed by atoms with van der Waals surface area (Å²) in [6, 6.07) is 63.8. The van der Waals surface area contributed by atoms with Gasteiger partial charge in [0.05, 0.1) is 27.6 Å². The Kier molecular flexibility index (Phi) is 8.01. The van der Waals surface area contributed by atoms with E-state index in [4.69, 9.17) is 33.8 Å². The standard InChI is InChI=1S/C55H33N7O2/c1-4-12-34(13-5-1)36-20-24-45-50(30-36)63-53(59-45)38-22-26-47-42(28-38)43-29-39(54-60-46-25-21-37(31-51(46)64-54)35-14-6-2-7-15-35)23-27-48(43)62(47)55-56-32-40(33-57-55)52-58-44-18-10-11-19-49(44)61(52)41-16-8-3-9-17-41/h1-33H. The summed E-state index contributed by atoms with van der Waals surface area (Å²) in [7, 11) is 0. The molecular formula is C55H33N7O2. The molecule has 9 heteroatoms. The van der Waals surface area contributed by atoms with Crippen LogP contribution in [0.15, 0.2) is 209 Å². The van der Waals surface area contributed by atoms with Crippen molar-refractivity contribution < 1.29 is 8.83 Å². The van der Waals surface area contributed by atoms with Crippen molar-refractivity contribution >= 4 is 55.0 Å². The molecule has 13 rings (SSSR count). The van der Waals surface area contributed by atoms with Crippen molar-refractivity contribution in [2.75, 3.05) is 0 Å². The first-order chi connectivity index (χ1) is 31.7. The molecular weight excluding hydrogens is 791 g/mol. The van der Waals surface area contributed by atoms with Gasteiger partial charge in [-0.2, -0.15) is 0 Å². The third kappa shape index (κ3) is 5.90. The van der Waals surface area contributed by atoms with Crippen molar-refractivity contribution in [3.8, 4) is 68.2 Å². The molecule has 0 N–H and O–H groups in total. The molecule has 0 atom stereocenters. The van der Waals surface area contributed by atoms with E-state index < -0.39 is 0 Å². The van der Waals surface area contributed by atoms with Crippen molar-refractivity contribution in [2.24, 2.45) is 0 Å². The number of oxazole rings is 2. The van der Waals surface area contributed by atoms with Crippen molar-refractivity contribution in [1.82, 2.24) is 34.1 Å². The minimum atomic E-state index is 0.525. The van der Waals surface area contributed by atoms with E-state index >= 15 is 0 Å². The Morgan fingerprint density at radius 3 is 1.41 bits per heavy atom. The van der Waals surface area contributed by atoms with E-state index in [1.54, 1.807) is 0 Å². The van der Waals surface area contributed by atoms with Crippen LogP contribution in [0.1, 0.15) is 0 Å². The van der Waals surface area contributed by atoms with Gasteiger partial charge in [-0.3, -0.25) is 9.13 Å². The van der Waals surface area contributed by atoms with Gasteiger partial charge >= 0.3 is 0 Å². The molecule has 0 saturated carbocycles. The lowest BCUT2D eigenvalue weighted by Gasteiger charge is -2.10. The van der Waals surface area contributed by atoms with E-state index in [9.17, 15) is 0 Å². The largest absolute Gasteiger partial charge is 0.436 e. The SMILES string of the molecule is c1ccc(-c2ccc3nc(-c4ccc5c(c4)c4cc(-c6nc7ccc(-c8ccccc8)cc7o6)ccc4n5-c4ncc(-c5nc6ccccc6n5-c5ccccc5)cn4)oc3c2)cc1. The second kappa shape index (κ2) is 14.3. The predicted octanol–water partition coefficient (Wildman–Crippen LogP) is 13.5. The summed E-state index contributed by atoms with van der Waals surface area (Å²) in [5, 5.41) is 1.95. The first-order valence-electron chi connectivity index (χ1n) is 21.1. The third-order valence-corrected chi connectivity index (χ3v) is 11.9. The van der Waals surface area contributed by atoms with E-state index in [0.29, 0.717) is 17.7 Å². The van der Waals surface area contributed by atoms with Crippen LogP contribution in [0.3, 0.4) is 0 Å². The van der Waals surface area contributed by atoms with Crippen LogP contribution < -0.4 is 0 Å². The average Bonchev–Trinajstić information content (AvgIpc) is 4.16. The van der Waals surface area contributed by atoms with Crippen LogP contribution in [0.5, 0.6) is 0 Å². The Bertz CT molecular complexity index is 3710. The molecule has 8 aromatic carbocycles. The molecule has 0 spiro atoms. The molecule has 13 aromatic rings. The van der Waals surface area contributed by atoms with Crippen molar-refractivity contribution in [3.05, 3.63) is 200 Å². The fraction of sp³-hybridized carbons (Fsp3) is 0. The first kappa shape index (κ1) is 35.8.